The Morgan fingerprint density at radius 1 is 1.20 bits per heavy atom. The summed E-state index contributed by atoms with van der Waals surface area (Å²) in [5, 5.41) is 12.0. The number of carbonyl (C=O) groups excluding carboxylic acids is 1. The van der Waals surface area contributed by atoms with E-state index in [-0.39, 0.29) is 23.0 Å². The first kappa shape index (κ1) is 21.1. The first-order chi connectivity index (χ1) is 11.6. The molecule has 0 spiro atoms. The first-order valence-electron chi connectivity index (χ1n) is 8.22. The van der Waals surface area contributed by atoms with Crippen molar-refractivity contribution in [3.63, 3.8) is 0 Å². The van der Waals surface area contributed by atoms with E-state index in [1.165, 1.54) is 24.3 Å². The Balaban J connectivity index is 2.97. The van der Waals surface area contributed by atoms with E-state index in [1.54, 1.807) is 27.7 Å². The van der Waals surface area contributed by atoms with Crippen LogP contribution in [0.25, 0.3) is 0 Å². The van der Waals surface area contributed by atoms with Crippen molar-refractivity contribution in [2.24, 2.45) is 5.41 Å². The minimum Gasteiger partial charge on any atom is -0.481 e. The van der Waals surface area contributed by atoms with Crippen molar-refractivity contribution in [3.05, 3.63) is 29.8 Å². The van der Waals surface area contributed by atoms with Crippen LogP contribution < -0.4 is 10.0 Å². The van der Waals surface area contributed by atoms with Crippen LogP contribution >= 0.6 is 0 Å². The lowest BCUT2D eigenvalue weighted by Crippen LogP contribution is -2.42. The molecule has 0 bridgehead atoms. The van der Waals surface area contributed by atoms with E-state index in [1.807, 2.05) is 0 Å². The number of benzene rings is 1. The van der Waals surface area contributed by atoms with Gasteiger partial charge in [-0.05, 0) is 44.9 Å². The second-order valence-corrected chi connectivity index (χ2v) is 7.99. The molecule has 0 saturated carbocycles. The molecular formula is C17H26N2O5S. The van der Waals surface area contributed by atoms with Crippen molar-refractivity contribution in [1.82, 2.24) is 10.0 Å². The van der Waals surface area contributed by atoms with Crippen LogP contribution in [0.3, 0.4) is 0 Å². The van der Waals surface area contributed by atoms with Gasteiger partial charge in [0.15, 0.2) is 0 Å². The fourth-order valence-electron chi connectivity index (χ4n) is 2.41. The number of carbonyl (C=O) groups is 2. The highest BCUT2D eigenvalue weighted by Crippen LogP contribution is 2.25. The summed E-state index contributed by atoms with van der Waals surface area (Å²) in [6.07, 6.45) is 0.762. The maximum atomic E-state index is 12.3. The highest BCUT2D eigenvalue weighted by atomic mass is 32.2. The Kier molecular flexibility index (Phi) is 7.13. The third-order valence-electron chi connectivity index (χ3n) is 4.19. The van der Waals surface area contributed by atoms with Crippen LogP contribution in [-0.2, 0) is 14.8 Å². The number of nitrogens with one attached hydrogen (secondary N) is 2. The summed E-state index contributed by atoms with van der Waals surface area (Å²) in [6, 6.07) is 5.38. The van der Waals surface area contributed by atoms with Gasteiger partial charge < -0.3 is 10.4 Å². The minimum absolute atomic E-state index is 0.00988. The van der Waals surface area contributed by atoms with Crippen LogP contribution in [0.1, 0.15) is 50.9 Å². The standard InChI is InChI=1S/C17H26N2O5S/c1-5-17(6-2,16(21)22)11-18-15(20)13-8-7-9-14(10-13)25(23,24)19-12(3)4/h7-10,12,19H,5-6,11H2,1-4H3,(H,18,20)(H,21,22). The summed E-state index contributed by atoms with van der Waals surface area (Å²) >= 11 is 0. The molecule has 0 aromatic heterocycles. The molecule has 0 heterocycles. The zero-order valence-corrected chi connectivity index (χ0v) is 15.8. The molecular weight excluding hydrogens is 344 g/mol. The highest BCUT2D eigenvalue weighted by molar-refractivity contribution is 7.89. The van der Waals surface area contributed by atoms with Gasteiger partial charge in [0.1, 0.15) is 0 Å². The molecule has 0 aliphatic carbocycles. The van der Waals surface area contributed by atoms with Gasteiger partial charge in [0.2, 0.25) is 10.0 Å². The molecule has 0 radical (unpaired) electrons. The van der Waals surface area contributed by atoms with Gasteiger partial charge >= 0.3 is 5.97 Å². The first-order valence-corrected chi connectivity index (χ1v) is 9.70. The summed E-state index contributed by atoms with van der Waals surface area (Å²) in [5.41, 5.74) is -0.864. The second kappa shape index (κ2) is 8.44. The fourth-order valence-corrected chi connectivity index (χ4v) is 3.71. The predicted octanol–water partition coefficient (Wildman–Crippen LogP) is 1.99. The van der Waals surface area contributed by atoms with Crippen LogP contribution in [0.4, 0.5) is 0 Å². The minimum atomic E-state index is -3.71. The number of rotatable bonds is 9. The molecule has 0 unspecified atom stereocenters. The molecule has 0 aliphatic heterocycles. The third-order valence-corrected chi connectivity index (χ3v) is 5.85. The van der Waals surface area contributed by atoms with Gasteiger partial charge in [-0.25, -0.2) is 13.1 Å². The van der Waals surface area contributed by atoms with Crippen LogP contribution in [-0.4, -0.2) is 38.0 Å². The molecule has 25 heavy (non-hydrogen) atoms. The number of amides is 1. The Labute approximate surface area is 148 Å². The van der Waals surface area contributed by atoms with E-state index in [0.29, 0.717) is 12.8 Å². The van der Waals surface area contributed by atoms with Crippen LogP contribution in [0.2, 0.25) is 0 Å². The quantitative estimate of drug-likeness (QED) is 0.615. The molecule has 0 fully saturated rings. The van der Waals surface area contributed by atoms with Gasteiger partial charge in [0.05, 0.1) is 10.3 Å². The maximum absolute atomic E-state index is 12.3. The van der Waals surface area contributed by atoms with Crippen LogP contribution in [0.15, 0.2) is 29.2 Å². The average molecular weight is 370 g/mol. The van der Waals surface area contributed by atoms with E-state index < -0.39 is 27.3 Å². The normalized spacial score (nSPS) is 12.2. The van der Waals surface area contributed by atoms with E-state index >= 15 is 0 Å². The topological polar surface area (TPSA) is 113 Å². The van der Waals surface area contributed by atoms with Crippen molar-refractivity contribution in [3.8, 4) is 0 Å². The summed E-state index contributed by atoms with van der Waals surface area (Å²) in [6.45, 7) is 6.91. The van der Waals surface area contributed by atoms with Crippen molar-refractivity contribution in [1.29, 1.82) is 0 Å². The number of aliphatic carboxylic acids is 1. The zero-order chi connectivity index (χ0) is 19.3. The molecule has 8 heteroatoms. The van der Waals surface area contributed by atoms with Gasteiger partial charge in [-0.2, -0.15) is 0 Å². The number of carboxylic acid groups (broad SMARTS) is 1. The number of carboxylic acids is 1. The van der Waals surface area contributed by atoms with Gasteiger partial charge in [-0.15, -0.1) is 0 Å². The predicted molar refractivity (Wildman–Crippen MR) is 94.9 cm³/mol. The van der Waals surface area contributed by atoms with Gasteiger partial charge in [0.25, 0.3) is 5.91 Å². The molecule has 0 atom stereocenters. The monoisotopic (exact) mass is 370 g/mol. The lowest BCUT2D eigenvalue weighted by molar-refractivity contribution is -0.149. The summed E-state index contributed by atoms with van der Waals surface area (Å²) in [5.74, 6) is -1.47. The molecule has 1 aromatic carbocycles. The molecule has 7 nitrogen and oxygen atoms in total. The van der Waals surface area contributed by atoms with Gasteiger partial charge in [-0.3, -0.25) is 9.59 Å². The summed E-state index contributed by atoms with van der Waals surface area (Å²) in [4.78, 5) is 23.8. The second-order valence-electron chi connectivity index (χ2n) is 6.28. The van der Waals surface area contributed by atoms with Crippen molar-refractivity contribution in [2.45, 2.75) is 51.5 Å². The van der Waals surface area contributed by atoms with E-state index in [9.17, 15) is 23.1 Å². The number of sulfonamides is 1. The maximum Gasteiger partial charge on any atom is 0.311 e. The number of hydrogen-bond acceptors (Lipinski definition) is 4. The third kappa shape index (κ3) is 5.27. The largest absolute Gasteiger partial charge is 0.481 e. The molecule has 140 valence electrons. The van der Waals surface area contributed by atoms with Crippen molar-refractivity contribution in [2.75, 3.05) is 6.54 Å². The van der Waals surface area contributed by atoms with Crippen LogP contribution in [0, 0.1) is 5.41 Å². The summed E-state index contributed by atoms with van der Waals surface area (Å²) in [7, 11) is -3.71. The van der Waals surface area contributed by atoms with Crippen molar-refractivity contribution < 1.29 is 23.1 Å². The van der Waals surface area contributed by atoms with Gasteiger partial charge in [0, 0.05) is 18.2 Å². The van der Waals surface area contributed by atoms with Gasteiger partial charge in [-0.1, -0.05) is 19.9 Å². The summed E-state index contributed by atoms with van der Waals surface area (Å²) < 4.78 is 26.8. The van der Waals surface area contributed by atoms with Crippen molar-refractivity contribution >= 4 is 21.9 Å². The fraction of sp³-hybridized carbons (Fsp3) is 0.529. The van der Waals surface area contributed by atoms with Crippen LogP contribution in [0.5, 0.6) is 0 Å². The molecule has 0 saturated heterocycles. The molecule has 3 N–H and O–H groups in total. The molecule has 1 rings (SSSR count). The molecule has 0 aliphatic rings. The smallest absolute Gasteiger partial charge is 0.311 e. The Hall–Kier alpha value is -1.93. The Bertz CT molecular complexity index is 724. The number of hydrogen-bond donors (Lipinski definition) is 3. The lowest BCUT2D eigenvalue weighted by atomic mass is 9.82. The van der Waals surface area contributed by atoms with E-state index in [4.69, 9.17) is 0 Å². The average Bonchev–Trinajstić information content (AvgIpc) is 2.54. The Morgan fingerprint density at radius 3 is 2.28 bits per heavy atom. The SMILES string of the molecule is CCC(CC)(CNC(=O)c1cccc(S(=O)(=O)NC(C)C)c1)C(=O)O. The molecule has 1 aromatic rings. The lowest BCUT2D eigenvalue weighted by Gasteiger charge is -2.26. The molecule has 1 amide bonds. The highest BCUT2D eigenvalue weighted by Gasteiger charge is 2.35. The van der Waals surface area contributed by atoms with E-state index in [2.05, 4.69) is 10.0 Å². The van der Waals surface area contributed by atoms with E-state index in [0.717, 1.165) is 0 Å². The Morgan fingerprint density at radius 2 is 1.80 bits per heavy atom. The zero-order valence-electron chi connectivity index (χ0n) is 15.0.